The molecule has 15 nitrogen and oxygen atoms in total. The Bertz CT molecular complexity index is 3050. The summed E-state index contributed by atoms with van der Waals surface area (Å²) in [6.07, 6.45) is -7.28. The molecule has 2 N–H and O–H groups in total. The number of ether oxygens (including phenoxy) is 1. The van der Waals surface area contributed by atoms with E-state index in [2.05, 4.69) is 25.2 Å². The van der Waals surface area contributed by atoms with E-state index in [-0.39, 0.29) is 81.5 Å². The molecule has 25 heteroatoms. The zero-order valence-corrected chi connectivity index (χ0v) is 34.7. The second-order valence-electron chi connectivity index (χ2n) is 15.8. The van der Waals surface area contributed by atoms with Gasteiger partial charge in [0.2, 0.25) is 15.9 Å². The first-order valence-electron chi connectivity index (χ1n) is 19.4. The topological polar surface area (TPSA) is 171 Å². The third-order valence-electron chi connectivity index (χ3n) is 11.4. The maximum atomic E-state index is 15.5. The fraction of sp³-hybridized carbons (Fsp3) is 0.385. The van der Waals surface area contributed by atoms with Crippen molar-refractivity contribution in [1.29, 1.82) is 0 Å². The number of benzene rings is 2. The Morgan fingerprint density at radius 1 is 1.05 bits per heavy atom. The molecule has 0 radical (unpaired) electrons. The van der Waals surface area contributed by atoms with Gasteiger partial charge in [0.15, 0.2) is 11.5 Å². The highest BCUT2D eigenvalue weighted by atomic mass is 35.5. The number of nitrogens with one attached hydrogen (secondary N) is 2. The summed E-state index contributed by atoms with van der Waals surface area (Å²) >= 11 is 6.60. The van der Waals surface area contributed by atoms with Crippen molar-refractivity contribution in [2.45, 2.75) is 56.2 Å². The zero-order valence-electron chi connectivity index (χ0n) is 33.2. The molecule has 0 spiro atoms. The second kappa shape index (κ2) is 15.7. The van der Waals surface area contributed by atoms with E-state index in [0.717, 1.165) is 23.0 Å². The fourth-order valence-corrected chi connectivity index (χ4v) is 9.40. The largest absolute Gasteiger partial charge is 0.369 e. The molecule has 4 aromatic heterocycles. The van der Waals surface area contributed by atoms with Gasteiger partial charge in [-0.1, -0.05) is 11.6 Å². The highest BCUT2D eigenvalue weighted by molar-refractivity contribution is 7.92. The van der Waals surface area contributed by atoms with Crippen LogP contribution in [0.3, 0.4) is 0 Å². The Labute approximate surface area is 361 Å². The number of hydrogen-bond donors (Lipinski definition) is 2. The Balaban J connectivity index is 1.24. The molecule has 1 aliphatic heterocycles. The van der Waals surface area contributed by atoms with Gasteiger partial charge in [-0.25, -0.2) is 44.7 Å². The summed E-state index contributed by atoms with van der Waals surface area (Å²) in [4.78, 5) is 39.8. The highest BCUT2D eigenvalue weighted by Gasteiger charge is 2.67. The van der Waals surface area contributed by atoms with Gasteiger partial charge < -0.3 is 15.0 Å². The van der Waals surface area contributed by atoms with Crippen LogP contribution >= 0.6 is 11.6 Å². The van der Waals surface area contributed by atoms with Crippen LogP contribution in [0, 0.1) is 17.6 Å². The first-order valence-corrected chi connectivity index (χ1v) is 21.7. The number of halogens is 9. The summed E-state index contributed by atoms with van der Waals surface area (Å²) < 4.78 is 151. The van der Waals surface area contributed by atoms with Crippen molar-refractivity contribution in [1.82, 2.24) is 39.4 Å². The van der Waals surface area contributed by atoms with Crippen LogP contribution < -0.4 is 20.5 Å². The normalized spacial score (nSPS) is 19.7. The molecule has 2 aliphatic carbocycles. The first-order chi connectivity index (χ1) is 30.2. The van der Waals surface area contributed by atoms with Crippen LogP contribution in [0.15, 0.2) is 47.3 Å². The van der Waals surface area contributed by atoms with Gasteiger partial charge >= 0.3 is 0 Å². The van der Waals surface area contributed by atoms with Crippen LogP contribution in [-0.2, 0) is 45.5 Å². The van der Waals surface area contributed by atoms with Crippen molar-refractivity contribution in [3.05, 3.63) is 97.8 Å². The molecule has 1 amide bonds. The Hall–Kier alpha value is -5.88. The number of sulfonamides is 1. The quantitative estimate of drug-likeness (QED) is 0.141. The molecule has 6 aromatic rings. The minimum absolute atomic E-state index is 0.00792. The Morgan fingerprint density at radius 3 is 2.47 bits per heavy atom. The van der Waals surface area contributed by atoms with Crippen molar-refractivity contribution >= 4 is 61.1 Å². The van der Waals surface area contributed by atoms with Crippen LogP contribution in [0.25, 0.3) is 27.6 Å². The van der Waals surface area contributed by atoms with Crippen molar-refractivity contribution in [3.8, 4) is 5.69 Å². The van der Waals surface area contributed by atoms with Crippen molar-refractivity contribution in [2.75, 3.05) is 35.6 Å². The summed E-state index contributed by atoms with van der Waals surface area (Å²) in [5.41, 5.74) is -3.38. The molecule has 2 aromatic carbocycles. The number of nitrogens with zero attached hydrogens (tertiary/aromatic N) is 8. The van der Waals surface area contributed by atoms with Gasteiger partial charge in [0, 0.05) is 37.6 Å². The monoisotopic (exact) mass is 940 g/mol. The summed E-state index contributed by atoms with van der Waals surface area (Å²) in [5.74, 6) is -9.43. The molecule has 3 aliphatic rings. The van der Waals surface area contributed by atoms with E-state index >= 15 is 8.78 Å². The molecule has 9 rings (SSSR count). The van der Waals surface area contributed by atoms with Crippen LogP contribution in [-0.4, -0.2) is 86.9 Å². The number of fused-ring (bicyclic) bond motifs is 5. The molecule has 2 fully saturated rings. The molecular weight excluding hydrogens is 908 g/mol. The molecule has 338 valence electrons. The average Bonchev–Trinajstić information content (AvgIpc) is 3.75. The summed E-state index contributed by atoms with van der Waals surface area (Å²) in [7, 11) is -2.55. The van der Waals surface area contributed by atoms with Gasteiger partial charge in [-0.05, 0) is 54.3 Å². The third-order valence-corrected chi connectivity index (χ3v) is 12.2. The summed E-state index contributed by atoms with van der Waals surface area (Å²) in [5, 5.41) is 10.4. The maximum Gasteiger partial charge on any atom is 0.293 e. The number of hydrogen-bond acceptors (Lipinski definition) is 10. The lowest BCUT2D eigenvalue weighted by Gasteiger charge is -2.33. The predicted molar refractivity (Wildman–Crippen MR) is 214 cm³/mol. The standard InChI is InChI=1S/C39H33ClF8N10O5S/c1-55-31-24(5-4-22(40)29(31)36(53-55)54-64(2,61)62)58-37(51-35-19(38(58)60)3-6-26(50-35)56-7-8-63-25(14-56)33(43)44)23(11-16-9-17(41)12-18(42)10-16)49-27(59)15-57-32-28(30(52-57)34(45)46)20-13-21(20)39(32,47)48/h3-6,9-10,12,20-21,23,25,33-34H,7-8,11,13-15H2,1-2H3,(H,49,59)(H,53,54)/t20-,21+,23-,25?/m0/s1. The molecular formula is C39H33ClF8N10O5S. The van der Waals surface area contributed by atoms with Gasteiger partial charge in [0.25, 0.3) is 24.3 Å². The number of alkyl halides is 6. The summed E-state index contributed by atoms with van der Waals surface area (Å²) in [6.45, 7) is -1.31. The van der Waals surface area contributed by atoms with E-state index in [1.54, 1.807) is 0 Å². The minimum Gasteiger partial charge on any atom is -0.369 e. The van der Waals surface area contributed by atoms with E-state index in [1.807, 2.05) is 0 Å². The number of aromatic nitrogens is 7. The van der Waals surface area contributed by atoms with Gasteiger partial charge in [0.05, 0.1) is 52.4 Å². The Morgan fingerprint density at radius 2 is 1.78 bits per heavy atom. The van der Waals surface area contributed by atoms with Crippen LogP contribution in [0.2, 0.25) is 5.02 Å². The van der Waals surface area contributed by atoms with E-state index < -0.39 is 106 Å². The molecule has 1 saturated heterocycles. The van der Waals surface area contributed by atoms with Crippen molar-refractivity contribution in [3.63, 3.8) is 0 Å². The number of aryl methyl sites for hydroxylation is 1. The van der Waals surface area contributed by atoms with E-state index in [9.17, 15) is 44.3 Å². The lowest BCUT2D eigenvalue weighted by molar-refractivity contribution is -0.123. The number of morpholine rings is 1. The lowest BCUT2D eigenvalue weighted by atomic mass is 10.0. The van der Waals surface area contributed by atoms with Gasteiger partial charge in [-0.15, -0.1) is 0 Å². The van der Waals surface area contributed by atoms with E-state index in [4.69, 9.17) is 21.3 Å². The molecule has 4 atom stereocenters. The van der Waals surface area contributed by atoms with Crippen LogP contribution in [0.5, 0.6) is 0 Å². The highest BCUT2D eigenvalue weighted by Crippen LogP contribution is 2.68. The number of amides is 1. The van der Waals surface area contributed by atoms with Crippen LogP contribution in [0.4, 0.5) is 46.8 Å². The zero-order chi connectivity index (χ0) is 45.7. The molecule has 64 heavy (non-hydrogen) atoms. The van der Waals surface area contributed by atoms with Crippen molar-refractivity contribution in [2.24, 2.45) is 13.0 Å². The predicted octanol–water partition coefficient (Wildman–Crippen LogP) is 5.88. The first kappa shape index (κ1) is 43.4. The SMILES string of the molecule is Cn1nc(NS(C)(=O)=O)c2c(Cl)ccc(-n3c([C@H](Cc4cc(F)cc(F)c4)NC(=O)Cn4nc(C(F)F)c5c4C(F)(F)[C@@H]4C[C@H]54)nc4nc(N5CCOC(C(F)F)C5)ccc4c3=O)c21. The van der Waals surface area contributed by atoms with Crippen LogP contribution in [0.1, 0.15) is 53.1 Å². The Kier molecular flexibility index (Phi) is 10.6. The smallest absolute Gasteiger partial charge is 0.293 e. The number of carbonyl (C=O) groups is 1. The number of carbonyl (C=O) groups excluding carboxylic acids is 1. The minimum atomic E-state index is -3.96. The second-order valence-corrected chi connectivity index (χ2v) is 17.9. The summed E-state index contributed by atoms with van der Waals surface area (Å²) in [6, 6.07) is 6.17. The van der Waals surface area contributed by atoms with Gasteiger partial charge in [-0.2, -0.15) is 19.0 Å². The number of rotatable bonds is 12. The third kappa shape index (κ3) is 7.67. The van der Waals surface area contributed by atoms with E-state index in [1.165, 1.54) is 40.9 Å². The van der Waals surface area contributed by atoms with E-state index in [0.29, 0.717) is 10.7 Å². The molecule has 5 heterocycles. The molecule has 1 unspecified atom stereocenters. The lowest BCUT2D eigenvalue weighted by Crippen LogP contribution is -2.46. The molecule has 0 bridgehead atoms. The van der Waals surface area contributed by atoms with Gasteiger partial charge in [-0.3, -0.25) is 28.2 Å². The number of anilines is 2. The fourth-order valence-electron chi connectivity index (χ4n) is 8.66. The average molecular weight is 941 g/mol. The van der Waals surface area contributed by atoms with Gasteiger partial charge in [0.1, 0.15) is 47.3 Å². The molecule has 1 saturated carbocycles. The number of pyridine rings is 1. The maximum absolute atomic E-state index is 15.5. The van der Waals surface area contributed by atoms with Crippen molar-refractivity contribution < 1.29 is 53.1 Å².